The first-order valence-electron chi connectivity index (χ1n) is 6.20. The van der Waals surface area contributed by atoms with Crippen LogP contribution < -0.4 is 4.74 Å². The Morgan fingerprint density at radius 2 is 2.44 bits per heavy atom. The molecule has 1 heterocycles. The lowest BCUT2D eigenvalue weighted by Crippen LogP contribution is -2.35. The fraction of sp³-hybridized carbons (Fsp3) is 0.500. The van der Waals surface area contributed by atoms with Gasteiger partial charge < -0.3 is 9.47 Å². The van der Waals surface area contributed by atoms with Crippen LogP contribution in [0.2, 0.25) is 0 Å². The molecule has 0 aromatic heterocycles. The van der Waals surface area contributed by atoms with Gasteiger partial charge in [0.1, 0.15) is 12.4 Å². The second-order valence-electron chi connectivity index (χ2n) is 4.49. The van der Waals surface area contributed by atoms with Gasteiger partial charge in [0.15, 0.2) is 0 Å². The fourth-order valence-electron chi connectivity index (χ4n) is 2.02. The molecule has 0 radical (unpaired) electrons. The summed E-state index contributed by atoms with van der Waals surface area (Å²) < 4.78 is 11.0. The van der Waals surface area contributed by atoms with Crippen molar-refractivity contribution in [2.24, 2.45) is 0 Å². The topological polar surface area (TPSA) is 45.5 Å². The molecule has 1 atom stereocenters. The molecule has 2 rings (SSSR count). The summed E-state index contributed by atoms with van der Waals surface area (Å²) in [5.41, 5.74) is 0.630. The first-order chi connectivity index (χ1) is 8.79. The Kier molecular flexibility index (Phi) is 4.57. The van der Waals surface area contributed by atoms with Crippen LogP contribution in [0.1, 0.15) is 12.0 Å². The van der Waals surface area contributed by atoms with Gasteiger partial charge in [0, 0.05) is 19.2 Å². The number of hydrogen-bond acceptors (Lipinski definition) is 4. The van der Waals surface area contributed by atoms with E-state index in [0.717, 1.165) is 31.9 Å². The largest absolute Gasteiger partial charge is 0.492 e. The number of rotatable bonds is 5. The van der Waals surface area contributed by atoms with Crippen molar-refractivity contribution in [1.29, 1.82) is 5.26 Å². The molecule has 1 aliphatic rings. The Balaban J connectivity index is 1.75. The third kappa shape index (κ3) is 3.46. The maximum absolute atomic E-state index is 8.79. The van der Waals surface area contributed by atoms with E-state index in [-0.39, 0.29) is 0 Å². The van der Waals surface area contributed by atoms with Crippen molar-refractivity contribution >= 4 is 0 Å². The average molecular weight is 246 g/mol. The molecule has 0 N–H and O–H groups in total. The lowest BCUT2D eigenvalue weighted by atomic mass is 10.2. The zero-order valence-corrected chi connectivity index (χ0v) is 10.6. The summed E-state index contributed by atoms with van der Waals surface area (Å²) in [6.45, 7) is 3.17. The van der Waals surface area contributed by atoms with Crippen LogP contribution >= 0.6 is 0 Å². The number of nitriles is 1. The van der Waals surface area contributed by atoms with Gasteiger partial charge in [-0.25, -0.2) is 0 Å². The fourth-order valence-corrected chi connectivity index (χ4v) is 2.02. The average Bonchev–Trinajstić information content (AvgIpc) is 2.93. The van der Waals surface area contributed by atoms with Crippen LogP contribution in [0.25, 0.3) is 0 Å². The monoisotopic (exact) mass is 246 g/mol. The highest BCUT2D eigenvalue weighted by molar-refractivity contribution is 5.36. The zero-order chi connectivity index (χ0) is 12.8. The molecular formula is C14H18N2O2. The smallest absolute Gasteiger partial charge is 0.120 e. The number of hydrogen-bond donors (Lipinski definition) is 0. The standard InChI is InChI=1S/C14H18N2O2/c1-16(13-5-7-17-11-13)6-8-18-14-4-2-3-12(9-14)10-15/h2-4,9,13H,5-8,11H2,1H3. The van der Waals surface area contributed by atoms with Crippen LogP contribution in [0.4, 0.5) is 0 Å². The quantitative estimate of drug-likeness (QED) is 0.792. The van der Waals surface area contributed by atoms with Crippen LogP contribution in [-0.2, 0) is 4.74 Å². The highest BCUT2D eigenvalue weighted by atomic mass is 16.5. The molecule has 0 bridgehead atoms. The van der Waals surface area contributed by atoms with Crippen molar-refractivity contribution in [2.45, 2.75) is 12.5 Å². The van der Waals surface area contributed by atoms with E-state index in [0.29, 0.717) is 18.2 Å². The second-order valence-corrected chi connectivity index (χ2v) is 4.49. The van der Waals surface area contributed by atoms with Gasteiger partial charge in [-0.3, -0.25) is 4.90 Å². The summed E-state index contributed by atoms with van der Waals surface area (Å²) in [5, 5.41) is 8.79. The molecule has 1 fully saturated rings. The van der Waals surface area contributed by atoms with E-state index in [1.54, 1.807) is 12.1 Å². The molecule has 0 amide bonds. The van der Waals surface area contributed by atoms with Crippen LogP contribution in [0.5, 0.6) is 5.75 Å². The van der Waals surface area contributed by atoms with Crippen LogP contribution in [0, 0.1) is 11.3 Å². The van der Waals surface area contributed by atoms with Crippen molar-refractivity contribution in [2.75, 3.05) is 33.4 Å². The molecule has 96 valence electrons. The van der Waals surface area contributed by atoms with Crippen molar-refractivity contribution in [3.05, 3.63) is 29.8 Å². The normalized spacial score (nSPS) is 18.8. The second kappa shape index (κ2) is 6.39. The molecule has 1 aromatic rings. The SMILES string of the molecule is CN(CCOc1cccc(C#N)c1)C1CCOC1. The summed E-state index contributed by atoms with van der Waals surface area (Å²) >= 11 is 0. The molecule has 4 nitrogen and oxygen atoms in total. The first-order valence-corrected chi connectivity index (χ1v) is 6.20. The van der Waals surface area contributed by atoms with Crippen molar-refractivity contribution < 1.29 is 9.47 Å². The van der Waals surface area contributed by atoms with Crippen LogP contribution in [0.15, 0.2) is 24.3 Å². The first kappa shape index (κ1) is 12.9. The predicted octanol–water partition coefficient (Wildman–Crippen LogP) is 1.66. The number of ether oxygens (including phenoxy) is 2. The van der Waals surface area contributed by atoms with Gasteiger partial charge >= 0.3 is 0 Å². The van der Waals surface area contributed by atoms with Crippen LogP contribution in [-0.4, -0.2) is 44.4 Å². The number of benzene rings is 1. The van der Waals surface area contributed by atoms with Crippen molar-refractivity contribution in [3.63, 3.8) is 0 Å². The van der Waals surface area contributed by atoms with Crippen molar-refractivity contribution in [1.82, 2.24) is 4.90 Å². The maximum atomic E-state index is 8.79. The molecule has 0 spiro atoms. The molecule has 0 aliphatic carbocycles. The maximum Gasteiger partial charge on any atom is 0.120 e. The highest BCUT2D eigenvalue weighted by Gasteiger charge is 2.19. The molecular weight excluding hydrogens is 228 g/mol. The van der Waals surface area contributed by atoms with Gasteiger partial charge in [-0.2, -0.15) is 5.26 Å². The van der Waals surface area contributed by atoms with Gasteiger partial charge in [0.25, 0.3) is 0 Å². The van der Waals surface area contributed by atoms with E-state index < -0.39 is 0 Å². The van der Waals surface area contributed by atoms with Gasteiger partial charge in [-0.1, -0.05) is 6.07 Å². The Morgan fingerprint density at radius 3 is 3.17 bits per heavy atom. The lowest BCUT2D eigenvalue weighted by molar-refractivity contribution is 0.147. The Labute approximate surface area is 108 Å². The van der Waals surface area contributed by atoms with Gasteiger partial charge in [-0.15, -0.1) is 0 Å². The Hall–Kier alpha value is -1.57. The van der Waals surface area contributed by atoms with E-state index >= 15 is 0 Å². The molecule has 1 unspecified atom stereocenters. The third-order valence-electron chi connectivity index (χ3n) is 3.20. The van der Waals surface area contributed by atoms with Gasteiger partial charge in [0.05, 0.1) is 18.2 Å². The van der Waals surface area contributed by atoms with E-state index in [1.165, 1.54) is 0 Å². The minimum Gasteiger partial charge on any atom is -0.492 e. The van der Waals surface area contributed by atoms with E-state index in [4.69, 9.17) is 14.7 Å². The summed E-state index contributed by atoms with van der Waals surface area (Å²) in [4.78, 5) is 2.27. The van der Waals surface area contributed by atoms with Gasteiger partial charge in [0.2, 0.25) is 0 Å². The molecule has 1 aliphatic heterocycles. The minimum absolute atomic E-state index is 0.513. The molecule has 4 heteroatoms. The van der Waals surface area contributed by atoms with E-state index in [1.807, 2.05) is 12.1 Å². The highest BCUT2D eigenvalue weighted by Crippen LogP contribution is 2.13. The van der Waals surface area contributed by atoms with Gasteiger partial charge in [-0.05, 0) is 31.7 Å². The van der Waals surface area contributed by atoms with E-state index in [2.05, 4.69) is 18.0 Å². The molecule has 1 aromatic carbocycles. The third-order valence-corrected chi connectivity index (χ3v) is 3.20. The van der Waals surface area contributed by atoms with E-state index in [9.17, 15) is 0 Å². The zero-order valence-electron chi connectivity index (χ0n) is 10.6. The van der Waals surface area contributed by atoms with Crippen LogP contribution in [0.3, 0.4) is 0 Å². The number of likely N-dealkylation sites (N-methyl/N-ethyl adjacent to an activating group) is 1. The Bertz CT molecular complexity index is 422. The summed E-state index contributed by atoms with van der Waals surface area (Å²) in [5.74, 6) is 0.755. The molecule has 18 heavy (non-hydrogen) atoms. The Morgan fingerprint density at radius 1 is 1.56 bits per heavy atom. The minimum atomic E-state index is 0.513. The lowest BCUT2D eigenvalue weighted by Gasteiger charge is -2.22. The summed E-state index contributed by atoms with van der Waals surface area (Å²) in [6.07, 6.45) is 1.10. The summed E-state index contributed by atoms with van der Waals surface area (Å²) in [6, 6.07) is 9.86. The molecule has 1 saturated heterocycles. The van der Waals surface area contributed by atoms with Crippen molar-refractivity contribution in [3.8, 4) is 11.8 Å². The molecule has 0 saturated carbocycles. The summed E-state index contributed by atoms with van der Waals surface area (Å²) in [7, 11) is 2.09. The predicted molar refractivity (Wildman–Crippen MR) is 68.5 cm³/mol. The number of nitrogens with zero attached hydrogens (tertiary/aromatic N) is 2.